The van der Waals surface area contributed by atoms with Gasteiger partial charge >= 0.3 is 218 Å². The Morgan fingerprint density at radius 1 is 0.956 bits per heavy atom. The number of nitrogens with one attached hydrogen (secondary N) is 2. The standard InChI is InChI=1S/C35H41AsClN3O4S/c1-45(43,44)36(22-25-10-11-25)31-9-5-4-8-30(31)26-16-18-40(19-17-26)35(42)33(20-24-12-14-29(37)15-13-24)39-34(41)32-21-27-6-2-3-7-28(27)23-38-32/h2-9,12-15,25-26,32-33,38H,10-11,16-23H2,1H3,(H,39,41)/t32-,33+,36?/m0/s1. The molecule has 0 radical (unpaired) electrons. The van der Waals surface area contributed by atoms with Crippen molar-refractivity contribution in [2.75, 3.05) is 19.3 Å². The maximum absolute atomic E-state index is 14.1. The summed E-state index contributed by atoms with van der Waals surface area (Å²) in [6, 6.07) is 22.6. The molecule has 1 saturated carbocycles. The molecule has 45 heavy (non-hydrogen) atoms. The van der Waals surface area contributed by atoms with E-state index in [0.29, 0.717) is 43.4 Å². The van der Waals surface area contributed by atoms with E-state index >= 15 is 0 Å². The Morgan fingerprint density at radius 3 is 2.31 bits per heavy atom. The Hall–Kier alpha value is -2.64. The Kier molecular flexibility index (Phi) is 10.1. The van der Waals surface area contributed by atoms with Crippen molar-refractivity contribution in [2.24, 2.45) is 5.92 Å². The summed E-state index contributed by atoms with van der Waals surface area (Å²) in [4.78, 5) is 29.5. The van der Waals surface area contributed by atoms with Gasteiger partial charge in [0.25, 0.3) is 0 Å². The van der Waals surface area contributed by atoms with Crippen molar-refractivity contribution in [1.82, 2.24) is 15.5 Å². The van der Waals surface area contributed by atoms with Gasteiger partial charge in [-0.3, -0.25) is 0 Å². The van der Waals surface area contributed by atoms with Crippen LogP contribution in [0.3, 0.4) is 0 Å². The zero-order valence-corrected chi connectivity index (χ0v) is 29.1. The topological polar surface area (TPSA) is 95.6 Å². The maximum atomic E-state index is 14.1. The number of nitrogens with zero attached hydrogens (tertiary/aromatic N) is 1. The number of halogens is 1. The van der Waals surface area contributed by atoms with Crippen LogP contribution in [-0.2, 0) is 37.1 Å². The van der Waals surface area contributed by atoms with Crippen LogP contribution in [0.15, 0.2) is 72.8 Å². The molecule has 10 heteroatoms. The third kappa shape index (κ3) is 8.02. The molecule has 6 rings (SSSR count). The van der Waals surface area contributed by atoms with Crippen molar-refractivity contribution in [3.8, 4) is 0 Å². The van der Waals surface area contributed by atoms with E-state index in [-0.39, 0.29) is 17.7 Å². The molecule has 7 nitrogen and oxygen atoms in total. The van der Waals surface area contributed by atoms with E-state index in [4.69, 9.17) is 11.6 Å². The second-order valence-corrected chi connectivity index (χ2v) is 24.4. The summed E-state index contributed by atoms with van der Waals surface area (Å²) in [5.41, 5.74) is 4.43. The predicted molar refractivity (Wildman–Crippen MR) is 181 cm³/mol. The van der Waals surface area contributed by atoms with Crippen LogP contribution in [0.5, 0.6) is 0 Å². The molecule has 238 valence electrons. The number of likely N-dealkylation sites (tertiary alicyclic amines) is 1. The molecule has 2 heterocycles. The van der Waals surface area contributed by atoms with Gasteiger partial charge in [-0.2, -0.15) is 0 Å². The van der Waals surface area contributed by atoms with E-state index in [2.05, 4.69) is 28.8 Å². The van der Waals surface area contributed by atoms with Crippen LogP contribution >= 0.6 is 11.6 Å². The SMILES string of the molecule is CS(=O)(=O)[As](CC1CC1)c1ccccc1C1CCN(C(=O)[C@@H](Cc2ccc(Cl)cc2)NC(=O)[C@@H]2Cc3ccccc3CN2)CC1. The molecular weight excluding hydrogens is 669 g/mol. The van der Waals surface area contributed by atoms with Crippen molar-refractivity contribution in [3.63, 3.8) is 0 Å². The van der Waals surface area contributed by atoms with E-state index in [1.807, 2.05) is 47.4 Å². The van der Waals surface area contributed by atoms with Crippen molar-refractivity contribution in [1.29, 1.82) is 0 Å². The Bertz CT molecular complexity index is 1640. The van der Waals surface area contributed by atoms with Crippen molar-refractivity contribution >= 4 is 49.4 Å². The van der Waals surface area contributed by atoms with E-state index in [1.54, 1.807) is 12.1 Å². The van der Waals surface area contributed by atoms with Crippen LogP contribution < -0.4 is 15.0 Å². The molecule has 2 fully saturated rings. The first kappa shape index (κ1) is 32.3. The summed E-state index contributed by atoms with van der Waals surface area (Å²) < 4.78 is 27.0. The quantitative estimate of drug-likeness (QED) is 0.309. The molecule has 0 spiro atoms. The van der Waals surface area contributed by atoms with E-state index in [1.165, 1.54) is 11.8 Å². The number of hydrogen-bond acceptors (Lipinski definition) is 5. The fourth-order valence-electron chi connectivity index (χ4n) is 6.61. The average molecular weight is 710 g/mol. The van der Waals surface area contributed by atoms with Crippen LogP contribution in [0.2, 0.25) is 10.2 Å². The molecule has 3 aromatic rings. The van der Waals surface area contributed by atoms with Crippen molar-refractivity contribution in [3.05, 3.63) is 100 Å². The number of amides is 2. The van der Waals surface area contributed by atoms with Crippen LogP contribution in [0, 0.1) is 5.92 Å². The second-order valence-electron chi connectivity index (χ2n) is 12.7. The van der Waals surface area contributed by atoms with E-state index in [0.717, 1.165) is 51.9 Å². The van der Waals surface area contributed by atoms with Gasteiger partial charge in [0, 0.05) is 11.6 Å². The van der Waals surface area contributed by atoms with Gasteiger partial charge < -0.3 is 0 Å². The Labute approximate surface area is 275 Å². The molecule has 0 aromatic heterocycles. The van der Waals surface area contributed by atoms with E-state index in [9.17, 15) is 18.0 Å². The predicted octanol–water partition coefficient (Wildman–Crippen LogP) is 4.14. The monoisotopic (exact) mass is 709 g/mol. The molecule has 1 unspecified atom stereocenters. The second kappa shape index (κ2) is 14.0. The zero-order valence-electron chi connectivity index (χ0n) is 25.6. The molecule has 3 aromatic carbocycles. The summed E-state index contributed by atoms with van der Waals surface area (Å²) in [5, 5.41) is 7.89. The van der Waals surface area contributed by atoms with Crippen LogP contribution in [0.1, 0.15) is 53.9 Å². The summed E-state index contributed by atoms with van der Waals surface area (Å²) in [5.74, 6) is 0.504. The van der Waals surface area contributed by atoms with E-state index < -0.39 is 33.7 Å². The molecule has 2 aliphatic heterocycles. The average Bonchev–Trinajstić information content (AvgIpc) is 3.88. The summed E-state index contributed by atoms with van der Waals surface area (Å²) in [7, 11) is -3.11. The van der Waals surface area contributed by atoms with Gasteiger partial charge in [0.1, 0.15) is 0 Å². The molecule has 2 amide bonds. The molecular formula is C35H41AsClN3O4S. The van der Waals surface area contributed by atoms with Gasteiger partial charge in [0.2, 0.25) is 0 Å². The number of carbonyl (C=O) groups excluding carboxylic acids is 2. The number of piperidine rings is 1. The fraction of sp³-hybridized carbons (Fsp3) is 0.429. The summed E-state index contributed by atoms with van der Waals surface area (Å²) in [6.07, 6.45) is 6.18. The molecule has 3 atom stereocenters. The van der Waals surface area contributed by atoms with Gasteiger partial charge in [-0.25, -0.2) is 0 Å². The molecule has 3 aliphatic rings. The van der Waals surface area contributed by atoms with Gasteiger partial charge in [-0.05, 0) is 11.1 Å². The third-order valence-corrected chi connectivity index (χ3v) is 21.0. The Morgan fingerprint density at radius 2 is 1.62 bits per heavy atom. The minimum atomic E-state index is -3.11. The molecule has 2 N–H and O–H groups in total. The Balaban J connectivity index is 1.16. The fourth-order valence-corrected chi connectivity index (χ4v) is 17.1. The number of carbonyl (C=O) groups is 2. The number of rotatable bonds is 10. The van der Waals surface area contributed by atoms with Gasteiger partial charge in [0.15, 0.2) is 0 Å². The third-order valence-electron chi connectivity index (χ3n) is 9.34. The van der Waals surface area contributed by atoms with Crippen LogP contribution in [-0.4, -0.2) is 70.1 Å². The summed E-state index contributed by atoms with van der Waals surface area (Å²) in [6.45, 7) is 1.74. The number of fused-ring (bicyclic) bond motifs is 1. The first-order valence-electron chi connectivity index (χ1n) is 15.9. The van der Waals surface area contributed by atoms with Gasteiger partial charge in [-0.1, -0.05) is 35.9 Å². The zero-order chi connectivity index (χ0) is 31.6. The molecule has 0 bridgehead atoms. The summed E-state index contributed by atoms with van der Waals surface area (Å²) >= 11 is 3.83. The minimum absolute atomic E-state index is 0.0844. The normalized spacial score (nSPS) is 20.2. The van der Waals surface area contributed by atoms with Crippen LogP contribution in [0.4, 0.5) is 0 Å². The van der Waals surface area contributed by atoms with Crippen molar-refractivity contribution in [2.45, 2.75) is 68.3 Å². The van der Waals surface area contributed by atoms with Gasteiger partial charge in [0.05, 0.1) is 0 Å². The first-order valence-corrected chi connectivity index (χ1v) is 22.6. The molecule has 1 aliphatic carbocycles. The van der Waals surface area contributed by atoms with Crippen LogP contribution in [0.25, 0.3) is 0 Å². The number of hydrogen-bond donors (Lipinski definition) is 2. The first-order chi connectivity index (χ1) is 21.7. The van der Waals surface area contributed by atoms with Crippen molar-refractivity contribution < 1.29 is 18.0 Å². The number of benzene rings is 3. The van der Waals surface area contributed by atoms with Gasteiger partial charge in [-0.15, -0.1) is 0 Å². The molecule has 1 saturated heterocycles.